The van der Waals surface area contributed by atoms with Gasteiger partial charge in [0, 0.05) is 62.5 Å². The summed E-state index contributed by atoms with van der Waals surface area (Å²) in [5.74, 6) is 1.65. The second-order valence-electron chi connectivity index (χ2n) is 9.48. The van der Waals surface area contributed by atoms with E-state index >= 15 is 0 Å². The van der Waals surface area contributed by atoms with E-state index in [1.165, 1.54) is 30.4 Å². The van der Waals surface area contributed by atoms with Crippen LogP contribution in [0.3, 0.4) is 0 Å². The highest BCUT2D eigenvalue weighted by molar-refractivity contribution is 7.97. The highest BCUT2D eigenvalue weighted by atomic mass is 32.2. The number of hydrogen-bond acceptors (Lipinski definition) is 9. The fraction of sp³-hybridized carbons (Fsp3) is 0.462. The SMILES string of the molecule is COc1cc2c(cc1OCCN1CCN(C)CC1)SN(C)C(C(=O)Nc1ccc(C3CC3)cn1)=C2O. The van der Waals surface area contributed by atoms with E-state index in [9.17, 15) is 9.90 Å². The maximum atomic E-state index is 13.1. The van der Waals surface area contributed by atoms with E-state index in [1.807, 2.05) is 24.4 Å². The van der Waals surface area contributed by atoms with E-state index in [0.717, 1.165) is 37.6 Å². The Labute approximate surface area is 216 Å². The fourth-order valence-electron chi connectivity index (χ4n) is 4.46. The number of aromatic nitrogens is 1. The zero-order chi connectivity index (χ0) is 25.2. The lowest BCUT2D eigenvalue weighted by Gasteiger charge is -2.32. The molecule has 0 bridgehead atoms. The van der Waals surface area contributed by atoms with Crippen molar-refractivity contribution >= 4 is 29.4 Å². The van der Waals surface area contributed by atoms with E-state index in [2.05, 4.69) is 27.1 Å². The molecule has 36 heavy (non-hydrogen) atoms. The van der Waals surface area contributed by atoms with Gasteiger partial charge in [0.25, 0.3) is 5.91 Å². The quantitative estimate of drug-likeness (QED) is 0.518. The molecular weight excluding hydrogens is 478 g/mol. The molecule has 9 nitrogen and oxygen atoms in total. The van der Waals surface area contributed by atoms with Gasteiger partial charge < -0.3 is 29.1 Å². The maximum Gasteiger partial charge on any atom is 0.277 e. The number of benzene rings is 1. The van der Waals surface area contributed by atoms with Gasteiger partial charge in [-0.2, -0.15) is 0 Å². The number of aliphatic hydroxyl groups is 1. The van der Waals surface area contributed by atoms with Crippen LogP contribution in [-0.2, 0) is 4.79 Å². The first kappa shape index (κ1) is 24.7. The number of nitrogens with zero attached hydrogens (tertiary/aromatic N) is 4. The third-order valence-electron chi connectivity index (χ3n) is 6.85. The van der Waals surface area contributed by atoms with Crippen molar-refractivity contribution in [2.24, 2.45) is 0 Å². The van der Waals surface area contributed by atoms with Crippen LogP contribution in [0.1, 0.15) is 29.9 Å². The Morgan fingerprint density at radius 3 is 2.61 bits per heavy atom. The first-order valence-electron chi connectivity index (χ1n) is 12.3. The van der Waals surface area contributed by atoms with Crippen LogP contribution < -0.4 is 14.8 Å². The maximum absolute atomic E-state index is 13.1. The minimum absolute atomic E-state index is 0.111. The number of pyridine rings is 1. The normalized spacial score (nSPS) is 18.7. The second-order valence-corrected chi connectivity index (χ2v) is 10.7. The molecule has 1 saturated carbocycles. The van der Waals surface area contributed by atoms with Crippen molar-refractivity contribution in [1.29, 1.82) is 0 Å². The number of nitrogens with one attached hydrogen (secondary N) is 1. The average molecular weight is 512 g/mol. The van der Waals surface area contributed by atoms with Gasteiger partial charge in [0.1, 0.15) is 12.4 Å². The number of piperazine rings is 1. The Balaban J connectivity index is 1.29. The Morgan fingerprint density at radius 2 is 1.94 bits per heavy atom. The summed E-state index contributed by atoms with van der Waals surface area (Å²) in [6.07, 6.45) is 4.20. The lowest BCUT2D eigenvalue weighted by atomic mass is 10.1. The smallest absolute Gasteiger partial charge is 0.277 e. The van der Waals surface area contributed by atoms with Crippen molar-refractivity contribution in [3.05, 3.63) is 47.3 Å². The van der Waals surface area contributed by atoms with Crippen molar-refractivity contribution in [3.8, 4) is 11.5 Å². The third kappa shape index (κ3) is 5.40. The summed E-state index contributed by atoms with van der Waals surface area (Å²) in [7, 11) is 5.46. The van der Waals surface area contributed by atoms with Gasteiger partial charge in [-0.05, 0) is 55.5 Å². The van der Waals surface area contributed by atoms with Crippen LogP contribution in [0.5, 0.6) is 11.5 Å². The van der Waals surface area contributed by atoms with E-state index in [-0.39, 0.29) is 11.5 Å². The van der Waals surface area contributed by atoms with E-state index in [0.29, 0.717) is 35.4 Å². The molecular formula is C26H33N5O4S. The Hall–Kier alpha value is -2.95. The van der Waals surface area contributed by atoms with Gasteiger partial charge in [0.15, 0.2) is 23.0 Å². The van der Waals surface area contributed by atoms with Crippen molar-refractivity contribution in [1.82, 2.24) is 19.1 Å². The topological polar surface area (TPSA) is 90.4 Å². The van der Waals surface area contributed by atoms with Gasteiger partial charge in [0.2, 0.25) is 0 Å². The standard InChI is InChI=1S/C26H33N5O4S/c1-29-8-10-31(11-9-29)12-13-35-21-15-22-19(14-20(21)34-3)25(32)24(30(2)36-22)26(33)28-23-7-6-18(16-27-23)17-4-5-17/h6-7,14-17,32H,4-5,8-13H2,1-3H3,(H,27,28,33). The molecule has 2 N–H and O–H groups in total. The molecule has 2 aromatic rings. The summed E-state index contributed by atoms with van der Waals surface area (Å²) in [6.45, 7) is 5.58. The fourth-order valence-corrected chi connectivity index (χ4v) is 5.43. The number of anilines is 1. The van der Waals surface area contributed by atoms with Gasteiger partial charge in [0.05, 0.1) is 7.11 Å². The summed E-state index contributed by atoms with van der Waals surface area (Å²) < 4.78 is 13.3. The van der Waals surface area contributed by atoms with Crippen LogP contribution in [0.2, 0.25) is 0 Å². The molecule has 1 aliphatic carbocycles. The van der Waals surface area contributed by atoms with Crippen LogP contribution >= 0.6 is 11.9 Å². The number of aliphatic hydroxyl groups excluding tert-OH is 1. The first-order valence-corrected chi connectivity index (χ1v) is 13.1. The van der Waals surface area contributed by atoms with Crippen LogP contribution in [0.4, 0.5) is 5.82 Å². The number of ether oxygens (including phenoxy) is 2. The Bertz CT molecular complexity index is 1140. The molecule has 10 heteroatoms. The third-order valence-corrected chi connectivity index (χ3v) is 7.84. The Kier molecular flexibility index (Phi) is 7.27. The number of hydrogen-bond donors (Lipinski definition) is 2. The predicted molar refractivity (Wildman–Crippen MR) is 140 cm³/mol. The van der Waals surface area contributed by atoms with Crippen LogP contribution in [0, 0.1) is 0 Å². The van der Waals surface area contributed by atoms with Gasteiger partial charge in [-0.15, -0.1) is 0 Å². The average Bonchev–Trinajstić information content (AvgIpc) is 3.71. The minimum atomic E-state index is -0.425. The summed E-state index contributed by atoms with van der Waals surface area (Å²) >= 11 is 1.36. The van der Waals surface area contributed by atoms with Gasteiger partial charge in [-0.1, -0.05) is 6.07 Å². The van der Waals surface area contributed by atoms with Crippen LogP contribution in [0.15, 0.2) is 41.1 Å². The molecule has 0 spiro atoms. The lowest BCUT2D eigenvalue weighted by molar-refractivity contribution is -0.113. The van der Waals surface area contributed by atoms with E-state index in [4.69, 9.17) is 9.47 Å². The molecule has 2 aliphatic heterocycles. The number of carbonyl (C=O) groups excluding carboxylic acids is 1. The number of fused-ring (bicyclic) bond motifs is 1. The lowest BCUT2D eigenvalue weighted by Crippen LogP contribution is -2.45. The minimum Gasteiger partial charge on any atom is -0.505 e. The molecule has 192 valence electrons. The van der Waals surface area contributed by atoms with Crippen molar-refractivity contribution in [3.63, 3.8) is 0 Å². The van der Waals surface area contributed by atoms with Gasteiger partial charge in [-0.3, -0.25) is 9.69 Å². The number of carbonyl (C=O) groups is 1. The zero-order valence-electron chi connectivity index (χ0n) is 21.0. The largest absolute Gasteiger partial charge is 0.505 e. The monoisotopic (exact) mass is 511 g/mol. The van der Waals surface area contributed by atoms with Crippen molar-refractivity contribution < 1.29 is 19.4 Å². The molecule has 2 fully saturated rings. The summed E-state index contributed by atoms with van der Waals surface area (Å²) in [4.78, 5) is 22.9. The molecule has 3 aliphatic rings. The molecule has 5 rings (SSSR count). The molecule has 1 amide bonds. The molecule has 3 heterocycles. The zero-order valence-corrected chi connectivity index (χ0v) is 21.8. The first-order chi connectivity index (χ1) is 17.4. The Morgan fingerprint density at radius 1 is 1.17 bits per heavy atom. The van der Waals surface area contributed by atoms with Crippen molar-refractivity contribution in [2.45, 2.75) is 23.7 Å². The second kappa shape index (κ2) is 10.6. The molecule has 0 radical (unpaired) electrons. The summed E-state index contributed by atoms with van der Waals surface area (Å²) in [5, 5.41) is 13.9. The van der Waals surface area contributed by atoms with Gasteiger partial charge in [-0.25, -0.2) is 4.98 Å². The molecule has 1 aromatic heterocycles. The highest BCUT2D eigenvalue weighted by Crippen LogP contribution is 2.44. The number of likely N-dealkylation sites (N-methyl/N-ethyl adjacent to an activating group) is 2. The van der Waals surface area contributed by atoms with E-state index in [1.54, 1.807) is 24.5 Å². The highest BCUT2D eigenvalue weighted by Gasteiger charge is 2.31. The molecule has 1 aromatic carbocycles. The number of rotatable bonds is 8. The van der Waals surface area contributed by atoms with Crippen LogP contribution in [-0.4, -0.2) is 90.6 Å². The number of amides is 1. The predicted octanol–water partition coefficient (Wildman–Crippen LogP) is 3.41. The van der Waals surface area contributed by atoms with E-state index < -0.39 is 5.91 Å². The van der Waals surface area contributed by atoms with Crippen LogP contribution in [0.25, 0.3) is 5.76 Å². The van der Waals surface area contributed by atoms with Gasteiger partial charge >= 0.3 is 0 Å². The molecule has 0 atom stereocenters. The number of methoxy groups -OCH3 is 1. The summed E-state index contributed by atoms with van der Waals surface area (Å²) in [5.41, 5.74) is 1.89. The molecule has 0 unspecified atom stereocenters. The summed E-state index contributed by atoms with van der Waals surface area (Å²) in [6, 6.07) is 7.40. The molecule has 1 saturated heterocycles. The van der Waals surface area contributed by atoms with Crippen molar-refractivity contribution in [2.75, 3.05) is 65.9 Å².